The van der Waals surface area contributed by atoms with Crippen molar-refractivity contribution in [1.29, 1.82) is 0 Å². The number of benzene rings is 2. The van der Waals surface area contributed by atoms with Gasteiger partial charge in [0.2, 0.25) is 11.8 Å². The standard InChI is InChI=1S/C20H21F2N3O2/c21-15-5-7-16(8-6-15)24-19(26)11-23-20(27)13-25(17-9-10-17)12-14-3-1-2-4-18(14)22/h1-8,17H,9-13H2,(H,23,27)(H,24,26). The molecule has 0 atom stereocenters. The molecule has 3 rings (SSSR count). The molecule has 5 nitrogen and oxygen atoms in total. The second-order valence-electron chi connectivity index (χ2n) is 6.56. The first-order valence-corrected chi connectivity index (χ1v) is 8.81. The summed E-state index contributed by atoms with van der Waals surface area (Å²) in [7, 11) is 0. The molecular formula is C20H21F2N3O2. The van der Waals surface area contributed by atoms with E-state index < -0.39 is 11.7 Å². The molecule has 2 amide bonds. The van der Waals surface area contributed by atoms with Gasteiger partial charge in [0.05, 0.1) is 13.1 Å². The van der Waals surface area contributed by atoms with Crippen molar-refractivity contribution < 1.29 is 18.4 Å². The predicted octanol–water partition coefficient (Wildman–Crippen LogP) is 2.68. The molecule has 2 N–H and O–H groups in total. The van der Waals surface area contributed by atoms with Crippen LogP contribution in [0.2, 0.25) is 0 Å². The van der Waals surface area contributed by atoms with Crippen molar-refractivity contribution in [1.82, 2.24) is 10.2 Å². The Morgan fingerprint density at radius 1 is 1.00 bits per heavy atom. The highest BCUT2D eigenvalue weighted by molar-refractivity contribution is 5.94. The maximum atomic E-state index is 13.9. The Morgan fingerprint density at radius 3 is 2.37 bits per heavy atom. The van der Waals surface area contributed by atoms with Crippen LogP contribution in [0.25, 0.3) is 0 Å². The molecule has 0 bridgehead atoms. The minimum atomic E-state index is -0.401. The fraction of sp³-hybridized carbons (Fsp3) is 0.300. The van der Waals surface area contributed by atoms with Crippen molar-refractivity contribution in [3.63, 3.8) is 0 Å². The highest BCUT2D eigenvalue weighted by Gasteiger charge is 2.30. The van der Waals surface area contributed by atoms with Crippen LogP contribution in [0.15, 0.2) is 48.5 Å². The van der Waals surface area contributed by atoms with Crippen LogP contribution in [0.3, 0.4) is 0 Å². The van der Waals surface area contributed by atoms with Gasteiger partial charge in [0.1, 0.15) is 11.6 Å². The van der Waals surface area contributed by atoms with Gasteiger partial charge in [0.15, 0.2) is 0 Å². The molecule has 1 aliphatic rings. The molecule has 0 unspecified atom stereocenters. The molecule has 0 radical (unpaired) electrons. The van der Waals surface area contributed by atoms with E-state index >= 15 is 0 Å². The van der Waals surface area contributed by atoms with Crippen molar-refractivity contribution in [2.75, 3.05) is 18.4 Å². The quantitative estimate of drug-likeness (QED) is 0.748. The van der Waals surface area contributed by atoms with Crippen molar-refractivity contribution in [2.45, 2.75) is 25.4 Å². The van der Waals surface area contributed by atoms with Gasteiger partial charge in [-0.25, -0.2) is 8.78 Å². The summed E-state index contributed by atoms with van der Waals surface area (Å²) in [6.07, 6.45) is 1.96. The average Bonchev–Trinajstić information content (AvgIpc) is 3.48. The molecule has 1 fully saturated rings. The fourth-order valence-electron chi connectivity index (χ4n) is 2.76. The summed E-state index contributed by atoms with van der Waals surface area (Å²) in [5.74, 6) is -1.38. The van der Waals surface area contributed by atoms with E-state index in [0.717, 1.165) is 12.8 Å². The number of carbonyl (C=O) groups excluding carboxylic acids is 2. The minimum Gasteiger partial charge on any atom is -0.346 e. The second kappa shape index (κ2) is 8.73. The molecule has 0 aromatic heterocycles. The van der Waals surface area contributed by atoms with Crippen LogP contribution in [-0.2, 0) is 16.1 Å². The molecule has 142 valence electrons. The fourth-order valence-corrected chi connectivity index (χ4v) is 2.76. The Morgan fingerprint density at radius 2 is 1.70 bits per heavy atom. The maximum Gasteiger partial charge on any atom is 0.243 e. The van der Waals surface area contributed by atoms with E-state index in [1.165, 1.54) is 30.3 Å². The van der Waals surface area contributed by atoms with Gasteiger partial charge in [-0.3, -0.25) is 14.5 Å². The third-order valence-electron chi connectivity index (χ3n) is 4.32. The zero-order valence-corrected chi connectivity index (χ0v) is 14.8. The van der Waals surface area contributed by atoms with Gasteiger partial charge in [0, 0.05) is 23.8 Å². The van der Waals surface area contributed by atoms with Crippen molar-refractivity contribution in [2.24, 2.45) is 0 Å². The maximum absolute atomic E-state index is 13.9. The Hall–Kier alpha value is -2.80. The van der Waals surface area contributed by atoms with E-state index in [2.05, 4.69) is 10.6 Å². The summed E-state index contributed by atoms with van der Waals surface area (Å²) < 4.78 is 26.7. The van der Waals surface area contributed by atoms with Crippen LogP contribution >= 0.6 is 0 Å². The number of amides is 2. The van der Waals surface area contributed by atoms with Gasteiger partial charge in [0.25, 0.3) is 0 Å². The summed E-state index contributed by atoms with van der Waals surface area (Å²) in [5.41, 5.74) is 1.00. The molecule has 27 heavy (non-hydrogen) atoms. The molecule has 0 aliphatic heterocycles. The topological polar surface area (TPSA) is 61.4 Å². The van der Waals surface area contributed by atoms with Gasteiger partial charge >= 0.3 is 0 Å². The Kier molecular flexibility index (Phi) is 6.13. The highest BCUT2D eigenvalue weighted by atomic mass is 19.1. The zero-order valence-electron chi connectivity index (χ0n) is 14.8. The van der Waals surface area contributed by atoms with E-state index in [9.17, 15) is 18.4 Å². The number of halogens is 2. The molecule has 0 saturated heterocycles. The lowest BCUT2D eigenvalue weighted by atomic mass is 10.2. The summed E-state index contributed by atoms with van der Waals surface area (Å²) in [5, 5.41) is 5.14. The second-order valence-corrected chi connectivity index (χ2v) is 6.56. The SMILES string of the molecule is O=C(CN(Cc1ccccc1F)C1CC1)NCC(=O)Nc1ccc(F)cc1. The lowest BCUT2D eigenvalue weighted by Gasteiger charge is -2.21. The first-order chi connectivity index (χ1) is 13.0. The van der Waals surface area contributed by atoms with Crippen LogP contribution in [0.4, 0.5) is 14.5 Å². The van der Waals surface area contributed by atoms with E-state index in [0.29, 0.717) is 17.8 Å². The smallest absolute Gasteiger partial charge is 0.243 e. The third kappa shape index (κ3) is 5.86. The lowest BCUT2D eigenvalue weighted by molar-refractivity contribution is -0.125. The third-order valence-corrected chi connectivity index (χ3v) is 4.32. The van der Waals surface area contributed by atoms with Crippen LogP contribution < -0.4 is 10.6 Å². The van der Waals surface area contributed by atoms with Crippen molar-refractivity contribution in [3.05, 3.63) is 65.7 Å². The molecule has 0 spiro atoms. The summed E-state index contributed by atoms with van der Waals surface area (Å²) >= 11 is 0. The van der Waals surface area contributed by atoms with Crippen LogP contribution in [0, 0.1) is 11.6 Å². The van der Waals surface area contributed by atoms with E-state index in [1.54, 1.807) is 18.2 Å². The monoisotopic (exact) mass is 373 g/mol. The first-order valence-electron chi connectivity index (χ1n) is 8.81. The molecule has 1 saturated carbocycles. The lowest BCUT2D eigenvalue weighted by Crippen LogP contribution is -2.41. The zero-order chi connectivity index (χ0) is 19.2. The van der Waals surface area contributed by atoms with Crippen molar-refractivity contribution >= 4 is 17.5 Å². The average molecular weight is 373 g/mol. The van der Waals surface area contributed by atoms with Gasteiger partial charge in [-0.15, -0.1) is 0 Å². The number of nitrogens with zero attached hydrogens (tertiary/aromatic N) is 1. The van der Waals surface area contributed by atoms with E-state index in [4.69, 9.17) is 0 Å². The molecular weight excluding hydrogens is 352 g/mol. The summed E-state index contributed by atoms with van der Waals surface area (Å²) in [6, 6.07) is 12.1. The number of anilines is 1. The van der Waals surface area contributed by atoms with Crippen LogP contribution in [0.5, 0.6) is 0 Å². The van der Waals surface area contributed by atoms with Crippen LogP contribution in [0.1, 0.15) is 18.4 Å². The molecule has 7 heteroatoms. The first kappa shape index (κ1) is 19.0. The van der Waals surface area contributed by atoms with Gasteiger partial charge < -0.3 is 10.6 Å². The molecule has 2 aromatic rings. The highest BCUT2D eigenvalue weighted by Crippen LogP contribution is 2.28. The van der Waals surface area contributed by atoms with Crippen LogP contribution in [-0.4, -0.2) is 35.8 Å². The number of nitrogens with one attached hydrogen (secondary N) is 2. The summed E-state index contributed by atoms with van der Waals surface area (Å²) in [6.45, 7) is 0.268. The number of hydrogen-bond acceptors (Lipinski definition) is 3. The predicted molar refractivity (Wildman–Crippen MR) is 97.9 cm³/mol. The Bertz CT molecular complexity index is 807. The van der Waals surface area contributed by atoms with E-state index in [-0.39, 0.29) is 30.9 Å². The number of hydrogen-bond donors (Lipinski definition) is 2. The van der Waals surface area contributed by atoms with Gasteiger partial charge in [-0.2, -0.15) is 0 Å². The van der Waals surface area contributed by atoms with Gasteiger partial charge in [-0.1, -0.05) is 18.2 Å². The van der Waals surface area contributed by atoms with Crippen molar-refractivity contribution in [3.8, 4) is 0 Å². The Balaban J connectivity index is 1.47. The molecule has 1 aliphatic carbocycles. The van der Waals surface area contributed by atoms with Gasteiger partial charge in [-0.05, 0) is 43.2 Å². The number of carbonyl (C=O) groups is 2. The normalized spacial score (nSPS) is 13.4. The minimum absolute atomic E-state index is 0.100. The summed E-state index contributed by atoms with van der Waals surface area (Å²) in [4.78, 5) is 26.0. The number of rotatable bonds is 8. The molecule has 2 aromatic carbocycles. The molecule has 0 heterocycles. The largest absolute Gasteiger partial charge is 0.346 e. The Labute approximate surface area is 156 Å². The van der Waals surface area contributed by atoms with E-state index in [1.807, 2.05) is 4.90 Å².